The molecule has 46 heavy (non-hydrogen) atoms. The van der Waals surface area contributed by atoms with Gasteiger partial charge in [0.25, 0.3) is 10.1 Å². The molecule has 246 valence electrons. The van der Waals surface area contributed by atoms with Crippen molar-refractivity contribution in [2.45, 2.75) is 46.1 Å². The minimum Gasteiger partial charge on any atom is -0.493 e. The average Bonchev–Trinajstić information content (AvgIpc) is 3.05. The zero-order valence-corrected chi connectivity index (χ0v) is 27.4. The first-order valence-corrected chi connectivity index (χ1v) is 17.5. The molecule has 3 aromatic carbocycles. The Labute approximate surface area is 271 Å². The summed E-state index contributed by atoms with van der Waals surface area (Å²) in [6, 6.07) is 20.1. The van der Waals surface area contributed by atoms with Gasteiger partial charge in [-0.3, -0.25) is 14.2 Å². The van der Waals surface area contributed by atoms with Crippen LogP contribution in [0.2, 0.25) is 0 Å². The largest absolute Gasteiger partial charge is 0.493 e. The van der Waals surface area contributed by atoms with E-state index in [9.17, 15) is 18.0 Å². The molecule has 0 aromatic heterocycles. The van der Waals surface area contributed by atoms with E-state index in [2.05, 4.69) is 19.1 Å². The quantitative estimate of drug-likeness (QED) is 0.221. The number of amides is 2. The van der Waals surface area contributed by atoms with Crippen LogP contribution in [0.25, 0.3) is 11.1 Å². The molecular formula is C35H43N3O7S. The van der Waals surface area contributed by atoms with E-state index in [0.717, 1.165) is 52.1 Å². The summed E-state index contributed by atoms with van der Waals surface area (Å²) in [6.45, 7) is 7.52. The standard InChI is InChI=1S/C35H43N3O7S/c1-26-8-3-14-33(27(26)2)44-22-7-15-34(39)38-16-6-12-31-30(11-5-13-32(31)38)29-10-4-9-28(24-29)25-45-35(40)37-19-17-36(18-20-37)21-23-46(41,42)43/h3-5,8-11,13-14,24H,6-7,12,15-23,25H2,1-2H3,(H,41,42,43). The molecule has 2 aliphatic heterocycles. The van der Waals surface area contributed by atoms with Crippen LogP contribution in [0.5, 0.6) is 5.75 Å². The van der Waals surface area contributed by atoms with E-state index in [4.69, 9.17) is 14.0 Å². The van der Waals surface area contributed by atoms with Gasteiger partial charge in [0, 0.05) is 51.4 Å². The Hall–Kier alpha value is -3.93. The smallest absolute Gasteiger partial charge is 0.410 e. The second-order valence-electron chi connectivity index (χ2n) is 12.0. The summed E-state index contributed by atoms with van der Waals surface area (Å²) in [7, 11) is -4.01. The summed E-state index contributed by atoms with van der Waals surface area (Å²) in [5.74, 6) is 0.644. The Morgan fingerprint density at radius 2 is 1.70 bits per heavy atom. The lowest BCUT2D eigenvalue weighted by molar-refractivity contribution is -0.118. The van der Waals surface area contributed by atoms with Crippen molar-refractivity contribution in [1.29, 1.82) is 0 Å². The third-order valence-electron chi connectivity index (χ3n) is 8.80. The van der Waals surface area contributed by atoms with Gasteiger partial charge in [0.2, 0.25) is 5.91 Å². The number of fused-ring (bicyclic) bond motifs is 1. The van der Waals surface area contributed by atoms with Crippen LogP contribution in [0, 0.1) is 13.8 Å². The van der Waals surface area contributed by atoms with Gasteiger partial charge in [-0.1, -0.05) is 42.5 Å². The molecule has 2 amide bonds. The number of benzene rings is 3. The maximum atomic E-state index is 13.3. The van der Waals surface area contributed by atoms with Crippen molar-refractivity contribution < 1.29 is 32.0 Å². The SMILES string of the molecule is Cc1cccc(OCCCC(=O)N2CCCc3c(-c4cccc(COC(=O)N5CCN(CCS(=O)(=O)O)CC5)c4)cccc32)c1C. The molecule has 5 rings (SSSR count). The molecule has 10 nitrogen and oxygen atoms in total. The van der Waals surface area contributed by atoms with Gasteiger partial charge in [0.05, 0.1) is 12.4 Å². The van der Waals surface area contributed by atoms with Crippen LogP contribution in [0.4, 0.5) is 10.5 Å². The molecule has 11 heteroatoms. The zero-order chi connectivity index (χ0) is 32.7. The highest BCUT2D eigenvalue weighted by Gasteiger charge is 2.25. The maximum absolute atomic E-state index is 13.3. The number of carbonyl (C=O) groups excluding carboxylic acids is 2. The lowest BCUT2D eigenvalue weighted by atomic mass is 9.91. The number of hydrogen-bond donors (Lipinski definition) is 1. The summed E-state index contributed by atoms with van der Waals surface area (Å²) in [6.07, 6.45) is 2.40. The molecule has 2 heterocycles. The van der Waals surface area contributed by atoms with Gasteiger partial charge >= 0.3 is 6.09 Å². The fraction of sp³-hybridized carbons (Fsp3) is 0.429. The van der Waals surface area contributed by atoms with Crippen LogP contribution in [0.3, 0.4) is 0 Å². The molecule has 1 N–H and O–H groups in total. The minimum atomic E-state index is -4.01. The normalized spacial score (nSPS) is 15.4. The predicted molar refractivity (Wildman–Crippen MR) is 178 cm³/mol. The third kappa shape index (κ3) is 8.65. The van der Waals surface area contributed by atoms with E-state index in [1.54, 1.807) is 4.90 Å². The van der Waals surface area contributed by atoms with E-state index in [0.29, 0.717) is 52.2 Å². The molecule has 0 atom stereocenters. The average molecular weight is 650 g/mol. The lowest BCUT2D eigenvalue weighted by Crippen LogP contribution is -2.49. The van der Waals surface area contributed by atoms with Crippen LogP contribution in [-0.4, -0.2) is 86.4 Å². The van der Waals surface area contributed by atoms with Crippen LogP contribution in [0.1, 0.15) is 41.5 Å². The van der Waals surface area contributed by atoms with Gasteiger partial charge < -0.3 is 19.3 Å². The van der Waals surface area contributed by atoms with Crippen molar-refractivity contribution >= 4 is 27.8 Å². The third-order valence-corrected chi connectivity index (χ3v) is 9.49. The fourth-order valence-corrected chi connectivity index (χ4v) is 6.53. The summed E-state index contributed by atoms with van der Waals surface area (Å²) in [5.41, 5.74) is 7.36. The first kappa shape index (κ1) is 33.4. The number of nitrogens with zero attached hydrogens (tertiary/aromatic N) is 3. The molecule has 3 aromatic rings. The zero-order valence-electron chi connectivity index (χ0n) is 26.6. The topological polar surface area (TPSA) is 117 Å². The second-order valence-corrected chi connectivity index (χ2v) is 13.5. The lowest BCUT2D eigenvalue weighted by Gasteiger charge is -2.33. The number of anilines is 1. The second kappa shape index (κ2) is 15.1. The highest BCUT2D eigenvalue weighted by molar-refractivity contribution is 7.85. The molecule has 0 radical (unpaired) electrons. The summed E-state index contributed by atoms with van der Waals surface area (Å²) < 4.78 is 42.6. The van der Waals surface area contributed by atoms with Gasteiger partial charge in [0.1, 0.15) is 12.4 Å². The molecule has 0 spiro atoms. The molecule has 0 saturated carbocycles. The number of carbonyl (C=O) groups is 2. The van der Waals surface area contributed by atoms with Gasteiger partial charge in [-0.05, 0) is 84.7 Å². The van der Waals surface area contributed by atoms with Crippen molar-refractivity contribution in [1.82, 2.24) is 9.80 Å². The van der Waals surface area contributed by atoms with Gasteiger partial charge in [0.15, 0.2) is 0 Å². The Balaban J connectivity index is 1.16. The fourth-order valence-electron chi connectivity index (χ4n) is 6.04. The Kier molecular flexibility index (Phi) is 11.0. The number of piperazine rings is 1. The Bertz CT molecular complexity index is 1650. The van der Waals surface area contributed by atoms with E-state index < -0.39 is 16.2 Å². The van der Waals surface area contributed by atoms with Crippen molar-refractivity contribution in [3.05, 3.63) is 82.9 Å². The van der Waals surface area contributed by atoms with Crippen LogP contribution >= 0.6 is 0 Å². The van der Waals surface area contributed by atoms with Crippen LogP contribution in [0.15, 0.2) is 60.7 Å². The van der Waals surface area contributed by atoms with E-state index in [-0.39, 0.29) is 24.8 Å². The predicted octanol–water partition coefficient (Wildman–Crippen LogP) is 5.25. The highest BCUT2D eigenvalue weighted by Crippen LogP contribution is 2.36. The first-order chi connectivity index (χ1) is 22.1. The Morgan fingerprint density at radius 1 is 0.935 bits per heavy atom. The van der Waals surface area contributed by atoms with Crippen molar-refractivity contribution in [3.63, 3.8) is 0 Å². The van der Waals surface area contributed by atoms with Gasteiger partial charge in [-0.15, -0.1) is 0 Å². The molecule has 0 aliphatic carbocycles. The monoisotopic (exact) mass is 649 g/mol. The van der Waals surface area contributed by atoms with E-state index in [1.165, 1.54) is 5.56 Å². The minimum absolute atomic E-state index is 0.0996. The molecule has 1 saturated heterocycles. The number of aryl methyl sites for hydroxylation is 1. The van der Waals surface area contributed by atoms with E-state index >= 15 is 0 Å². The number of hydrogen-bond acceptors (Lipinski definition) is 7. The highest BCUT2D eigenvalue weighted by atomic mass is 32.2. The molecule has 1 fully saturated rings. The van der Waals surface area contributed by atoms with Crippen molar-refractivity contribution in [2.24, 2.45) is 0 Å². The summed E-state index contributed by atoms with van der Waals surface area (Å²) in [4.78, 5) is 31.5. The van der Waals surface area contributed by atoms with Crippen molar-refractivity contribution in [2.75, 3.05) is 56.5 Å². The molecular weight excluding hydrogens is 606 g/mol. The summed E-state index contributed by atoms with van der Waals surface area (Å²) in [5, 5.41) is 0. The van der Waals surface area contributed by atoms with E-state index in [1.807, 2.05) is 65.3 Å². The number of ether oxygens (including phenoxy) is 2. The molecule has 0 unspecified atom stereocenters. The van der Waals surface area contributed by atoms with Crippen LogP contribution in [-0.2, 0) is 32.7 Å². The number of rotatable bonds is 11. The van der Waals surface area contributed by atoms with Gasteiger partial charge in [-0.25, -0.2) is 4.79 Å². The van der Waals surface area contributed by atoms with Gasteiger partial charge in [-0.2, -0.15) is 8.42 Å². The maximum Gasteiger partial charge on any atom is 0.410 e. The Morgan fingerprint density at radius 3 is 2.48 bits per heavy atom. The molecule has 0 bridgehead atoms. The van der Waals surface area contributed by atoms with Crippen molar-refractivity contribution in [3.8, 4) is 16.9 Å². The van der Waals surface area contributed by atoms with Crippen LogP contribution < -0.4 is 9.64 Å². The summed E-state index contributed by atoms with van der Waals surface area (Å²) >= 11 is 0. The molecule has 2 aliphatic rings. The first-order valence-electron chi connectivity index (χ1n) is 15.9.